The zero-order valence-corrected chi connectivity index (χ0v) is 12.5. The summed E-state index contributed by atoms with van der Waals surface area (Å²) in [4.78, 5) is 2.29. The second-order valence-corrected chi connectivity index (χ2v) is 5.60. The molecule has 0 spiro atoms. The normalized spacial score (nSPS) is 15.9. The molecule has 2 rings (SSSR count). The summed E-state index contributed by atoms with van der Waals surface area (Å²) in [5, 5.41) is 22.6. The van der Waals surface area contributed by atoms with E-state index in [0.29, 0.717) is 19.1 Å². The molecule has 1 saturated carbocycles. The van der Waals surface area contributed by atoms with Crippen molar-refractivity contribution in [2.24, 2.45) is 0 Å². The molecule has 0 aromatic carbocycles. The summed E-state index contributed by atoms with van der Waals surface area (Å²) in [5.74, 6) is 0. The average Bonchev–Trinajstić information content (AvgIpc) is 3.03. The number of hydrogen-bond donors (Lipinski definition) is 1. The predicted molar refractivity (Wildman–Crippen MR) is 77.1 cm³/mol. The molecule has 1 N–H and O–H groups in total. The predicted octanol–water partition coefficient (Wildman–Crippen LogP) is 1.76. The Morgan fingerprint density at radius 1 is 1.40 bits per heavy atom. The number of rotatable bonds is 6. The Labute approximate surface area is 120 Å². The maximum Gasteiger partial charge on any atom is 0.0871 e. The van der Waals surface area contributed by atoms with Gasteiger partial charge in [-0.2, -0.15) is 10.4 Å². The molecule has 1 heterocycles. The lowest BCUT2D eigenvalue weighted by Gasteiger charge is -2.26. The molecule has 110 valence electrons. The van der Waals surface area contributed by atoms with Gasteiger partial charge in [0.1, 0.15) is 0 Å². The van der Waals surface area contributed by atoms with Crippen molar-refractivity contribution in [2.45, 2.75) is 58.7 Å². The van der Waals surface area contributed by atoms with Crippen LogP contribution in [-0.2, 0) is 13.1 Å². The molecular formula is C15H24N4O. The van der Waals surface area contributed by atoms with Crippen molar-refractivity contribution in [1.29, 1.82) is 5.26 Å². The fourth-order valence-electron chi connectivity index (χ4n) is 3.15. The molecule has 1 aromatic heterocycles. The lowest BCUT2D eigenvalue weighted by atomic mass is 10.1. The SMILES string of the molecule is Cc1nn(CCO)c(C)c1CN(CC#N)C1CCCC1. The molecule has 1 fully saturated rings. The Kier molecular flexibility index (Phi) is 5.16. The van der Waals surface area contributed by atoms with Crippen LogP contribution in [0.2, 0.25) is 0 Å². The first-order chi connectivity index (χ1) is 9.67. The molecular weight excluding hydrogens is 252 g/mol. The van der Waals surface area contributed by atoms with Crippen LogP contribution in [0.4, 0.5) is 0 Å². The van der Waals surface area contributed by atoms with Crippen LogP contribution < -0.4 is 0 Å². The Bertz CT molecular complexity index is 483. The van der Waals surface area contributed by atoms with Gasteiger partial charge in [0.2, 0.25) is 0 Å². The van der Waals surface area contributed by atoms with Crippen LogP contribution >= 0.6 is 0 Å². The zero-order valence-electron chi connectivity index (χ0n) is 12.5. The van der Waals surface area contributed by atoms with Gasteiger partial charge in [-0.05, 0) is 26.7 Å². The molecule has 5 nitrogen and oxygen atoms in total. The van der Waals surface area contributed by atoms with Crippen molar-refractivity contribution < 1.29 is 5.11 Å². The monoisotopic (exact) mass is 276 g/mol. The average molecular weight is 276 g/mol. The Morgan fingerprint density at radius 2 is 2.10 bits per heavy atom. The topological polar surface area (TPSA) is 65.1 Å². The number of nitrogens with zero attached hydrogens (tertiary/aromatic N) is 4. The maximum absolute atomic E-state index is 9.07. The highest BCUT2D eigenvalue weighted by Crippen LogP contribution is 2.26. The molecule has 0 saturated heterocycles. The van der Waals surface area contributed by atoms with Gasteiger partial charge in [0.15, 0.2) is 0 Å². The molecule has 0 aliphatic heterocycles. The van der Waals surface area contributed by atoms with Crippen molar-refractivity contribution in [2.75, 3.05) is 13.2 Å². The van der Waals surface area contributed by atoms with E-state index in [1.54, 1.807) is 0 Å². The van der Waals surface area contributed by atoms with E-state index in [-0.39, 0.29) is 6.61 Å². The molecule has 20 heavy (non-hydrogen) atoms. The number of hydrogen-bond acceptors (Lipinski definition) is 4. The summed E-state index contributed by atoms with van der Waals surface area (Å²) in [5.41, 5.74) is 3.33. The minimum atomic E-state index is 0.103. The minimum absolute atomic E-state index is 0.103. The van der Waals surface area contributed by atoms with Gasteiger partial charge >= 0.3 is 0 Å². The molecule has 0 atom stereocenters. The third kappa shape index (κ3) is 3.20. The molecule has 0 radical (unpaired) electrons. The van der Waals surface area contributed by atoms with Gasteiger partial charge in [0.25, 0.3) is 0 Å². The van der Waals surface area contributed by atoms with E-state index in [4.69, 9.17) is 10.4 Å². The van der Waals surface area contributed by atoms with Crippen LogP contribution in [0.25, 0.3) is 0 Å². The van der Waals surface area contributed by atoms with Crippen molar-refractivity contribution in [1.82, 2.24) is 14.7 Å². The maximum atomic E-state index is 9.07. The van der Waals surface area contributed by atoms with Gasteiger partial charge in [-0.3, -0.25) is 9.58 Å². The second-order valence-electron chi connectivity index (χ2n) is 5.60. The first kappa shape index (κ1) is 15.0. The molecule has 1 aromatic rings. The fourth-order valence-corrected chi connectivity index (χ4v) is 3.15. The van der Waals surface area contributed by atoms with Crippen LogP contribution in [0.15, 0.2) is 0 Å². The van der Waals surface area contributed by atoms with E-state index in [1.807, 2.05) is 18.5 Å². The molecule has 1 aliphatic carbocycles. The molecule has 5 heteroatoms. The number of aliphatic hydroxyl groups excluding tert-OH is 1. The largest absolute Gasteiger partial charge is 0.394 e. The zero-order chi connectivity index (χ0) is 14.5. The summed E-state index contributed by atoms with van der Waals surface area (Å²) in [6.45, 7) is 5.97. The van der Waals surface area contributed by atoms with Gasteiger partial charge < -0.3 is 5.11 Å². The Hall–Kier alpha value is -1.38. The quantitative estimate of drug-likeness (QED) is 0.804. The highest BCUT2D eigenvalue weighted by Gasteiger charge is 2.24. The van der Waals surface area contributed by atoms with Gasteiger partial charge in [0, 0.05) is 23.8 Å². The summed E-state index contributed by atoms with van der Waals surface area (Å²) < 4.78 is 1.86. The molecule has 0 amide bonds. The van der Waals surface area contributed by atoms with E-state index in [2.05, 4.69) is 16.1 Å². The Balaban J connectivity index is 2.15. The number of aliphatic hydroxyl groups is 1. The summed E-state index contributed by atoms with van der Waals surface area (Å²) >= 11 is 0. The van der Waals surface area contributed by atoms with Crippen molar-refractivity contribution in [3.63, 3.8) is 0 Å². The highest BCUT2D eigenvalue weighted by molar-refractivity contribution is 5.24. The van der Waals surface area contributed by atoms with E-state index >= 15 is 0 Å². The van der Waals surface area contributed by atoms with Crippen molar-refractivity contribution >= 4 is 0 Å². The summed E-state index contributed by atoms with van der Waals surface area (Å²) in [7, 11) is 0. The summed E-state index contributed by atoms with van der Waals surface area (Å²) in [6.07, 6.45) is 4.94. The van der Waals surface area contributed by atoms with Crippen molar-refractivity contribution in [3.05, 3.63) is 17.0 Å². The first-order valence-electron chi connectivity index (χ1n) is 7.42. The van der Waals surface area contributed by atoms with Gasteiger partial charge in [-0.15, -0.1) is 0 Å². The van der Waals surface area contributed by atoms with Gasteiger partial charge in [0.05, 0.1) is 31.5 Å². The highest BCUT2D eigenvalue weighted by atomic mass is 16.3. The van der Waals surface area contributed by atoms with Crippen LogP contribution in [0.5, 0.6) is 0 Å². The van der Waals surface area contributed by atoms with E-state index in [1.165, 1.54) is 31.2 Å². The van der Waals surface area contributed by atoms with Crippen LogP contribution in [0.3, 0.4) is 0 Å². The molecule has 0 bridgehead atoms. The lowest BCUT2D eigenvalue weighted by Crippen LogP contribution is -2.33. The summed E-state index contributed by atoms with van der Waals surface area (Å²) in [6, 6.07) is 2.83. The van der Waals surface area contributed by atoms with Gasteiger partial charge in [-0.25, -0.2) is 0 Å². The Morgan fingerprint density at radius 3 is 2.70 bits per heavy atom. The van der Waals surface area contributed by atoms with Crippen LogP contribution in [0, 0.1) is 25.2 Å². The number of aromatic nitrogens is 2. The van der Waals surface area contributed by atoms with Crippen LogP contribution in [0.1, 0.15) is 42.6 Å². The minimum Gasteiger partial charge on any atom is -0.394 e. The molecule has 0 unspecified atom stereocenters. The third-order valence-corrected chi connectivity index (χ3v) is 4.32. The number of nitriles is 1. The second kappa shape index (κ2) is 6.87. The van der Waals surface area contributed by atoms with Crippen LogP contribution in [-0.4, -0.2) is 39.0 Å². The standard InChI is InChI=1S/C15H24N4O/c1-12-15(13(2)19(17-12)9-10-20)11-18(8-7-16)14-5-3-4-6-14/h14,20H,3-6,8-11H2,1-2H3. The third-order valence-electron chi connectivity index (χ3n) is 4.32. The smallest absolute Gasteiger partial charge is 0.0871 e. The number of aryl methyl sites for hydroxylation is 1. The van der Waals surface area contributed by atoms with E-state index < -0.39 is 0 Å². The lowest BCUT2D eigenvalue weighted by molar-refractivity contribution is 0.213. The van der Waals surface area contributed by atoms with E-state index in [9.17, 15) is 0 Å². The van der Waals surface area contributed by atoms with E-state index in [0.717, 1.165) is 17.9 Å². The first-order valence-corrected chi connectivity index (χ1v) is 7.42. The molecule has 1 aliphatic rings. The van der Waals surface area contributed by atoms with Crippen molar-refractivity contribution in [3.8, 4) is 6.07 Å². The van der Waals surface area contributed by atoms with Gasteiger partial charge in [-0.1, -0.05) is 12.8 Å². The fraction of sp³-hybridized carbons (Fsp3) is 0.733.